The van der Waals surface area contributed by atoms with Crippen molar-refractivity contribution in [3.63, 3.8) is 0 Å². The summed E-state index contributed by atoms with van der Waals surface area (Å²) < 4.78 is 26.1. The Morgan fingerprint density at radius 2 is 1.93 bits per heavy atom. The maximum absolute atomic E-state index is 13.9. The van der Waals surface area contributed by atoms with Gasteiger partial charge in [0.15, 0.2) is 4.80 Å². The van der Waals surface area contributed by atoms with Gasteiger partial charge >= 0.3 is 5.97 Å². The zero-order valence-corrected chi connectivity index (χ0v) is 24.9. The minimum atomic E-state index is -1.21. The van der Waals surface area contributed by atoms with Crippen LogP contribution in [0.15, 0.2) is 76.5 Å². The Hall–Kier alpha value is -3.64. The molecule has 0 aliphatic carbocycles. The van der Waals surface area contributed by atoms with Crippen LogP contribution in [0.3, 0.4) is 0 Å². The quantitative estimate of drug-likeness (QED) is 0.228. The van der Waals surface area contributed by atoms with Crippen LogP contribution in [-0.4, -0.2) is 30.5 Å². The molecule has 204 valence electrons. The molecule has 2 bridgehead atoms. The predicted molar refractivity (Wildman–Crippen MR) is 159 cm³/mol. The summed E-state index contributed by atoms with van der Waals surface area (Å²) in [6.45, 7) is 2.06. The van der Waals surface area contributed by atoms with E-state index in [1.165, 1.54) is 18.4 Å². The number of ether oxygens (including phenoxy) is 4. The summed E-state index contributed by atoms with van der Waals surface area (Å²) in [5.74, 6) is 0.751. The number of aromatic nitrogens is 1. The van der Waals surface area contributed by atoms with Crippen LogP contribution in [0.2, 0.25) is 0 Å². The van der Waals surface area contributed by atoms with Crippen molar-refractivity contribution in [3.8, 4) is 17.2 Å². The van der Waals surface area contributed by atoms with E-state index in [4.69, 9.17) is 23.9 Å². The molecule has 10 heteroatoms. The van der Waals surface area contributed by atoms with Crippen LogP contribution in [0, 0.1) is 9.49 Å². The highest BCUT2D eigenvalue weighted by Gasteiger charge is 2.55. The minimum Gasteiger partial charge on any atom is -0.496 e. The average Bonchev–Trinajstić information content (AvgIpc) is 3.24. The van der Waals surface area contributed by atoms with Gasteiger partial charge in [0.2, 0.25) is 5.72 Å². The summed E-state index contributed by atoms with van der Waals surface area (Å²) in [7, 11) is 2.95. The fourth-order valence-corrected chi connectivity index (χ4v) is 6.73. The van der Waals surface area contributed by atoms with Crippen molar-refractivity contribution in [1.82, 2.24) is 4.57 Å². The van der Waals surface area contributed by atoms with Gasteiger partial charge in [-0.1, -0.05) is 35.6 Å². The van der Waals surface area contributed by atoms with Crippen LogP contribution in [0.4, 0.5) is 0 Å². The van der Waals surface area contributed by atoms with Crippen molar-refractivity contribution in [2.45, 2.75) is 25.3 Å². The van der Waals surface area contributed by atoms with Crippen molar-refractivity contribution >= 4 is 46.0 Å². The lowest BCUT2D eigenvalue weighted by atomic mass is 9.81. The molecule has 0 saturated carbocycles. The van der Waals surface area contributed by atoms with E-state index < -0.39 is 23.7 Å². The van der Waals surface area contributed by atoms with Crippen molar-refractivity contribution in [2.75, 3.05) is 14.2 Å². The molecule has 2 aliphatic heterocycles. The number of para-hydroxylation sites is 1. The molecule has 3 aromatic carbocycles. The smallest absolute Gasteiger partial charge is 0.317 e. The topological polar surface area (TPSA) is 88.4 Å². The van der Waals surface area contributed by atoms with Crippen molar-refractivity contribution < 1.29 is 23.7 Å². The summed E-state index contributed by atoms with van der Waals surface area (Å²) in [6.07, 6.45) is 1.83. The first-order valence-corrected chi connectivity index (χ1v) is 14.4. The molecule has 3 heterocycles. The molecular weight excluding hydrogens is 643 g/mol. The van der Waals surface area contributed by atoms with Crippen LogP contribution in [0.5, 0.6) is 17.2 Å². The van der Waals surface area contributed by atoms with E-state index in [1.807, 2.05) is 72.8 Å². The van der Waals surface area contributed by atoms with E-state index in [0.717, 1.165) is 26.0 Å². The first-order valence-electron chi connectivity index (χ1n) is 12.6. The standard InChI is InChI=1S/C30H25IN2O6S/c1-30-25(28(35)37-3)26(21-6-4-5-7-23(21)39-30)33-27(34)24(40-29(33)32-30)15-17-8-13-22(36-2)18(14-17)16-38-20-11-9-19(31)10-12-20/h4-15,25-26H,16H2,1-3H3/b24-15+/t25-,26+,30-/m0/s1. The SMILES string of the molecule is COC(=O)[C@@H]1[C@H]2c3ccccc3O[C@]1(C)N=c1s/c(=C/c3ccc(OC)c(COc4ccc(I)cc4)c3)c(=O)n12. The summed E-state index contributed by atoms with van der Waals surface area (Å²) >= 11 is 3.52. The van der Waals surface area contributed by atoms with Gasteiger partial charge in [0, 0.05) is 14.7 Å². The normalized spacial score (nSPS) is 20.9. The number of rotatable bonds is 6. The molecule has 0 N–H and O–H groups in total. The summed E-state index contributed by atoms with van der Waals surface area (Å²) in [5, 5.41) is 0. The number of methoxy groups -OCH3 is 2. The second kappa shape index (κ2) is 10.4. The summed E-state index contributed by atoms with van der Waals surface area (Å²) in [5.41, 5.74) is 0.971. The van der Waals surface area contributed by atoms with E-state index in [0.29, 0.717) is 27.4 Å². The predicted octanol–water partition coefficient (Wildman–Crippen LogP) is 4.05. The maximum atomic E-state index is 13.9. The molecule has 0 fully saturated rings. The van der Waals surface area contributed by atoms with Gasteiger partial charge in [-0.05, 0) is 83.6 Å². The lowest BCUT2D eigenvalue weighted by Crippen LogP contribution is -2.58. The Morgan fingerprint density at radius 3 is 2.67 bits per heavy atom. The molecule has 0 amide bonds. The second-order valence-electron chi connectivity index (χ2n) is 9.63. The number of fused-ring (bicyclic) bond motifs is 6. The number of halogens is 1. The van der Waals surface area contributed by atoms with Crippen molar-refractivity contribution in [3.05, 3.63) is 107 Å². The zero-order chi connectivity index (χ0) is 28.0. The maximum Gasteiger partial charge on any atom is 0.317 e. The number of thiazole rings is 1. The third kappa shape index (κ3) is 4.58. The number of hydrogen-bond donors (Lipinski definition) is 0. The Kier molecular flexibility index (Phi) is 6.91. The van der Waals surface area contributed by atoms with Gasteiger partial charge in [0.05, 0.1) is 24.8 Å². The van der Waals surface area contributed by atoms with Crippen LogP contribution in [0.1, 0.15) is 29.7 Å². The van der Waals surface area contributed by atoms with E-state index in [2.05, 4.69) is 22.6 Å². The molecule has 0 saturated heterocycles. The molecule has 8 nitrogen and oxygen atoms in total. The fourth-order valence-electron chi connectivity index (χ4n) is 5.28. The number of esters is 1. The van der Waals surface area contributed by atoms with E-state index in [1.54, 1.807) is 18.6 Å². The number of carbonyl (C=O) groups excluding carboxylic acids is 1. The monoisotopic (exact) mass is 668 g/mol. The van der Waals surface area contributed by atoms with Gasteiger partial charge in [0.1, 0.15) is 29.8 Å². The molecule has 6 rings (SSSR count). The largest absolute Gasteiger partial charge is 0.496 e. The Balaban J connectivity index is 1.43. The Labute approximate surface area is 247 Å². The molecule has 2 aliphatic rings. The highest BCUT2D eigenvalue weighted by Crippen LogP contribution is 2.47. The number of carbonyl (C=O) groups is 1. The molecule has 1 aromatic heterocycles. The molecule has 0 radical (unpaired) electrons. The summed E-state index contributed by atoms with van der Waals surface area (Å²) in [6, 6.07) is 20.3. The van der Waals surface area contributed by atoms with Crippen LogP contribution in [-0.2, 0) is 16.1 Å². The first kappa shape index (κ1) is 26.6. The van der Waals surface area contributed by atoms with E-state index in [9.17, 15) is 9.59 Å². The molecule has 40 heavy (non-hydrogen) atoms. The van der Waals surface area contributed by atoms with Crippen molar-refractivity contribution in [1.29, 1.82) is 0 Å². The van der Waals surface area contributed by atoms with Crippen molar-refractivity contribution in [2.24, 2.45) is 10.9 Å². The Bertz CT molecular complexity index is 1800. The average molecular weight is 669 g/mol. The van der Waals surface area contributed by atoms with Crippen LogP contribution < -0.4 is 29.1 Å². The minimum absolute atomic E-state index is 0.228. The van der Waals surface area contributed by atoms with Gasteiger partial charge in [0.25, 0.3) is 5.56 Å². The molecule has 0 spiro atoms. The lowest BCUT2D eigenvalue weighted by molar-refractivity contribution is -0.158. The molecule has 4 aromatic rings. The molecule has 0 unspecified atom stereocenters. The Morgan fingerprint density at radius 1 is 1.15 bits per heavy atom. The zero-order valence-electron chi connectivity index (χ0n) is 21.9. The number of nitrogens with zero attached hydrogens (tertiary/aromatic N) is 2. The highest BCUT2D eigenvalue weighted by atomic mass is 127. The number of hydrogen-bond acceptors (Lipinski definition) is 8. The molecular formula is C30H25IN2O6S. The molecule has 3 atom stereocenters. The van der Waals surface area contributed by atoms with Crippen LogP contribution in [0.25, 0.3) is 6.08 Å². The van der Waals surface area contributed by atoms with Gasteiger partial charge in [-0.25, -0.2) is 4.99 Å². The summed E-state index contributed by atoms with van der Waals surface area (Å²) in [4.78, 5) is 32.1. The van der Waals surface area contributed by atoms with Gasteiger partial charge in [-0.2, -0.15) is 0 Å². The van der Waals surface area contributed by atoms with Gasteiger partial charge in [-0.3, -0.25) is 14.2 Å². The van der Waals surface area contributed by atoms with E-state index in [-0.39, 0.29) is 5.56 Å². The number of benzene rings is 3. The van der Waals surface area contributed by atoms with Crippen LogP contribution >= 0.6 is 33.9 Å². The lowest BCUT2D eigenvalue weighted by Gasteiger charge is -2.44. The fraction of sp³-hybridized carbons (Fsp3) is 0.233. The highest BCUT2D eigenvalue weighted by molar-refractivity contribution is 14.1. The first-order chi connectivity index (χ1) is 19.3. The second-order valence-corrected chi connectivity index (χ2v) is 11.9. The third-order valence-electron chi connectivity index (χ3n) is 7.15. The third-order valence-corrected chi connectivity index (χ3v) is 8.85. The van der Waals surface area contributed by atoms with E-state index >= 15 is 0 Å². The van der Waals surface area contributed by atoms with Gasteiger partial charge < -0.3 is 18.9 Å². The van der Waals surface area contributed by atoms with Gasteiger partial charge in [-0.15, -0.1) is 0 Å².